The fraction of sp³-hybridized carbons (Fsp3) is 0.250. The van der Waals surface area contributed by atoms with Crippen molar-refractivity contribution in [2.75, 3.05) is 0 Å². The van der Waals surface area contributed by atoms with Crippen LogP contribution in [0.5, 0.6) is 0 Å². The summed E-state index contributed by atoms with van der Waals surface area (Å²) in [7, 11) is 0. The topological polar surface area (TPSA) is 74.6 Å². The van der Waals surface area contributed by atoms with Crippen LogP contribution in [0, 0.1) is 13.8 Å². The monoisotopic (exact) mass is 267 g/mol. The van der Waals surface area contributed by atoms with Gasteiger partial charge in [0, 0.05) is 0 Å². The zero-order chi connectivity index (χ0) is 11.2. The van der Waals surface area contributed by atoms with Crippen LogP contribution in [-0.2, 0) is 24.7 Å². The van der Waals surface area contributed by atoms with Crippen molar-refractivity contribution in [3.63, 3.8) is 0 Å². The zero-order valence-corrected chi connectivity index (χ0v) is 12.0. The van der Waals surface area contributed by atoms with Crippen LogP contribution in [0.3, 0.4) is 0 Å². The molecule has 0 aliphatic heterocycles. The molecule has 1 aromatic carbocycles. The summed E-state index contributed by atoms with van der Waals surface area (Å²) in [6.07, 6.45) is 0. The molecule has 0 aliphatic carbocycles. The number of benzene rings is 1. The van der Waals surface area contributed by atoms with Crippen molar-refractivity contribution in [1.29, 1.82) is 0 Å². The molecule has 1 rings (SSSR count). The second-order valence-corrected chi connectivity index (χ2v) is 11.3. The first-order chi connectivity index (χ1) is 6.37. The molecule has 0 bridgehead atoms. The molecule has 2 N–H and O–H groups in total. The van der Waals surface area contributed by atoms with E-state index in [-0.39, 0.29) is 0 Å². The Morgan fingerprint density at radius 2 is 1.43 bits per heavy atom. The third-order valence-electron chi connectivity index (χ3n) is 1.59. The normalized spacial score (nSPS) is 9.71. The predicted molar refractivity (Wildman–Crippen MR) is 48.6 cm³/mol. The van der Waals surface area contributed by atoms with E-state index in [1.807, 2.05) is 0 Å². The van der Waals surface area contributed by atoms with E-state index in [1.165, 1.54) is 11.1 Å². The van der Waals surface area contributed by atoms with Gasteiger partial charge < -0.3 is 0 Å². The van der Waals surface area contributed by atoms with Crippen molar-refractivity contribution in [1.82, 2.24) is 0 Å². The Morgan fingerprint density at radius 1 is 1.14 bits per heavy atom. The van der Waals surface area contributed by atoms with Gasteiger partial charge in [-0.25, -0.2) is 0 Å². The summed E-state index contributed by atoms with van der Waals surface area (Å²) >= 11 is -2.69. The van der Waals surface area contributed by atoms with E-state index in [1.54, 1.807) is 0 Å². The first-order valence-corrected chi connectivity index (χ1v) is 11.0. The van der Waals surface area contributed by atoms with Gasteiger partial charge in [0.15, 0.2) is 0 Å². The summed E-state index contributed by atoms with van der Waals surface area (Å²) < 4.78 is 18.8. The molecule has 14 heavy (non-hydrogen) atoms. The molecule has 0 spiro atoms. The quantitative estimate of drug-likeness (QED) is 0.602. The summed E-state index contributed by atoms with van der Waals surface area (Å²) in [6, 6.07) is 8.36. The van der Waals surface area contributed by atoms with Crippen molar-refractivity contribution < 1.29 is 34.5 Å². The summed E-state index contributed by atoms with van der Waals surface area (Å²) in [5.74, 6) is -4.01. The predicted octanol–water partition coefficient (Wildman–Crippen LogP) is 1.81. The molecule has 0 saturated heterocycles. The van der Waals surface area contributed by atoms with E-state index in [9.17, 15) is 8.14 Å². The number of aryl methyl sites for hydroxylation is 2. The second kappa shape index (κ2) is 6.31. The number of hydrogen-bond acceptors (Lipinski definition) is 2. The summed E-state index contributed by atoms with van der Waals surface area (Å²) in [4.78, 5) is 15.4. The molecule has 1 aromatic rings. The van der Waals surface area contributed by atoms with Crippen LogP contribution in [0.4, 0.5) is 0 Å². The molecule has 0 aliphatic rings. The number of hydrogen-bond donors (Lipinski definition) is 2. The van der Waals surface area contributed by atoms with Gasteiger partial charge in [-0.2, -0.15) is 0 Å². The fourth-order valence-electron chi connectivity index (χ4n) is 0.663. The Kier molecular flexibility index (Phi) is 6.22. The minimum atomic E-state index is -4.01. The van der Waals surface area contributed by atoms with E-state index in [0.717, 1.165) is 0 Å². The van der Waals surface area contributed by atoms with Crippen molar-refractivity contribution in [2.45, 2.75) is 13.8 Å². The standard InChI is InChI=1S/C8H10.HO3P.O.Zn/c1-7-5-3-4-6-8(7)2;1-4(2)3;;/h3-6H,1-2H3;(H-,1,2,3);;/q;;;-1/p+1. The van der Waals surface area contributed by atoms with Crippen LogP contribution in [0.25, 0.3) is 0 Å². The van der Waals surface area contributed by atoms with Crippen molar-refractivity contribution in [2.24, 2.45) is 0 Å². The molecule has 0 saturated carbocycles. The summed E-state index contributed by atoms with van der Waals surface area (Å²) in [5.41, 5.74) is 2.74. The molecular weight excluding hydrogens is 256 g/mol. The number of rotatable bonds is 1. The van der Waals surface area contributed by atoms with Crippen LogP contribution in [0.15, 0.2) is 24.3 Å². The second-order valence-electron chi connectivity index (χ2n) is 2.88. The third-order valence-corrected chi connectivity index (χ3v) is 4.05. The molecule has 0 heterocycles. The molecule has 4 nitrogen and oxygen atoms in total. The van der Waals surface area contributed by atoms with Crippen LogP contribution >= 0.6 is 5.93 Å². The van der Waals surface area contributed by atoms with Gasteiger partial charge in [0.05, 0.1) is 0 Å². The van der Waals surface area contributed by atoms with Crippen LogP contribution in [-0.4, -0.2) is 9.79 Å². The van der Waals surface area contributed by atoms with E-state index >= 15 is 0 Å². The SMILES string of the molecule is Cc1ccccc1C.[O]=[Zn][P](=O)(O)O. The third kappa shape index (κ3) is 7.22. The van der Waals surface area contributed by atoms with Gasteiger partial charge in [0.1, 0.15) is 0 Å². The van der Waals surface area contributed by atoms with Gasteiger partial charge in [-0.1, -0.05) is 24.3 Å². The van der Waals surface area contributed by atoms with Crippen LogP contribution in [0.1, 0.15) is 11.1 Å². The molecular formula is C8H12O4PZn. The van der Waals surface area contributed by atoms with Crippen LogP contribution < -0.4 is 0 Å². The van der Waals surface area contributed by atoms with E-state index in [4.69, 9.17) is 9.79 Å². The summed E-state index contributed by atoms with van der Waals surface area (Å²) in [6.45, 7) is 4.24. The first-order valence-electron chi connectivity index (χ1n) is 4.01. The molecule has 0 aromatic heterocycles. The molecule has 0 atom stereocenters. The van der Waals surface area contributed by atoms with Crippen molar-refractivity contribution in [3.05, 3.63) is 35.4 Å². The van der Waals surface area contributed by atoms with Gasteiger partial charge in [-0.05, 0) is 25.0 Å². The van der Waals surface area contributed by atoms with E-state index in [2.05, 4.69) is 38.1 Å². The van der Waals surface area contributed by atoms with E-state index < -0.39 is 22.5 Å². The zero-order valence-electron chi connectivity index (χ0n) is 8.17. The van der Waals surface area contributed by atoms with Gasteiger partial charge in [0.25, 0.3) is 0 Å². The fourth-order valence-corrected chi connectivity index (χ4v) is 0.663. The van der Waals surface area contributed by atoms with Crippen LogP contribution in [0.2, 0.25) is 0 Å². The van der Waals surface area contributed by atoms with Gasteiger partial charge in [-0.15, -0.1) is 0 Å². The Hall–Kier alpha value is -0.207. The molecule has 6 heteroatoms. The molecule has 0 fully saturated rings. The average molecular weight is 269 g/mol. The first kappa shape index (κ1) is 13.8. The molecule has 0 amide bonds. The Labute approximate surface area is 89.9 Å². The maximum absolute atomic E-state index is 9.47. The minimum absolute atomic E-state index is 1.37. The molecule has 0 radical (unpaired) electrons. The average Bonchev–Trinajstić information content (AvgIpc) is 2.10. The molecule has 0 unspecified atom stereocenters. The Bertz CT molecular complexity index is 326. The van der Waals surface area contributed by atoms with Gasteiger partial charge in [-0.3, -0.25) is 0 Å². The Morgan fingerprint density at radius 3 is 1.57 bits per heavy atom. The van der Waals surface area contributed by atoms with Crippen molar-refractivity contribution >= 4 is 5.93 Å². The Balaban J connectivity index is 0.000000255. The molecule has 75 valence electrons. The maximum atomic E-state index is 9.47. The van der Waals surface area contributed by atoms with Gasteiger partial charge >= 0.3 is 40.4 Å². The van der Waals surface area contributed by atoms with Crippen molar-refractivity contribution in [3.8, 4) is 0 Å². The van der Waals surface area contributed by atoms with Gasteiger partial charge in [0.2, 0.25) is 0 Å². The van der Waals surface area contributed by atoms with E-state index in [0.29, 0.717) is 0 Å². The summed E-state index contributed by atoms with van der Waals surface area (Å²) in [5, 5.41) is 0.